The second-order valence-corrected chi connectivity index (χ2v) is 7.57. The Morgan fingerprint density at radius 1 is 1.00 bits per heavy atom. The number of para-hydroxylation sites is 1. The maximum atomic E-state index is 13.0. The monoisotopic (exact) mass is 415 g/mol. The van der Waals surface area contributed by atoms with E-state index in [1.54, 1.807) is 19.1 Å². The molecule has 0 aliphatic heterocycles. The Kier molecular flexibility index (Phi) is 6.90. The normalized spacial score (nSPS) is 10.9. The quantitative estimate of drug-likeness (QED) is 0.534. The lowest BCUT2D eigenvalue weighted by molar-refractivity contribution is -0.120. The number of carbonyl (C=O) groups is 1. The van der Waals surface area contributed by atoms with Gasteiger partial charge in [-0.2, -0.15) is 0 Å². The van der Waals surface area contributed by atoms with E-state index >= 15 is 0 Å². The molecule has 3 aromatic rings. The van der Waals surface area contributed by atoms with Crippen LogP contribution in [0.25, 0.3) is 10.2 Å². The number of rotatable bonds is 9. The van der Waals surface area contributed by atoms with Crippen molar-refractivity contribution in [3.05, 3.63) is 42.5 Å². The van der Waals surface area contributed by atoms with Crippen LogP contribution in [0.5, 0.6) is 17.2 Å². The molecule has 0 aliphatic rings. The molecular formula is C21H25N3O4S. The molecule has 29 heavy (non-hydrogen) atoms. The molecule has 1 heterocycles. The Labute approximate surface area is 174 Å². The second-order valence-electron chi connectivity index (χ2n) is 6.59. The highest BCUT2D eigenvalue weighted by Gasteiger charge is 2.23. The smallest absolute Gasteiger partial charge is 0.266 e. The number of anilines is 1. The van der Waals surface area contributed by atoms with Crippen LogP contribution >= 0.6 is 11.3 Å². The van der Waals surface area contributed by atoms with Crippen molar-refractivity contribution in [2.24, 2.45) is 0 Å². The largest absolute Gasteiger partial charge is 0.495 e. The number of aromatic nitrogens is 1. The number of nitrogens with zero attached hydrogens (tertiary/aromatic N) is 3. The van der Waals surface area contributed by atoms with Gasteiger partial charge in [-0.05, 0) is 38.4 Å². The minimum atomic E-state index is -0.160. The minimum Gasteiger partial charge on any atom is -0.495 e. The fraction of sp³-hybridized carbons (Fsp3) is 0.333. The average molecular weight is 416 g/mol. The molecule has 1 amide bonds. The summed E-state index contributed by atoms with van der Waals surface area (Å²) in [5.41, 5.74) is 0.679. The molecule has 0 fully saturated rings. The summed E-state index contributed by atoms with van der Waals surface area (Å²) < 4.78 is 17.4. The van der Waals surface area contributed by atoms with E-state index in [9.17, 15) is 4.79 Å². The van der Waals surface area contributed by atoms with E-state index in [1.807, 2.05) is 61.5 Å². The molecule has 3 rings (SSSR count). The first-order valence-corrected chi connectivity index (χ1v) is 9.99. The van der Waals surface area contributed by atoms with Crippen LogP contribution in [0.15, 0.2) is 42.5 Å². The zero-order valence-corrected chi connectivity index (χ0v) is 17.9. The van der Waals surface area contributed by atoms with E-state index in [0.29, 0.717) is 41.0 Å². The SMILES string of the molecule is COc1ccc(OC)c2sc(N(CCN(C)C)C(=O)COc3ccccc3)nc12. The predicted octanol–water partition coefficient (Wildman–Crippen LogP) is 3.29. The molecule has 0 spiro atoms. The van der Waals surface area contributed by atoms with E-state index in [1.165, 1.54) is 11.3 Å². The molecule has 154 valence electrons. The van der Waals surface area contributed by atoms with Crippen LogP contribution in [0.1, 0.15) is 0 Å². The fourth-order valence-corrected chi connectivity index (χ4v) is 3.87. The van der Waals surface area contributed by atoms with Crippen LogP contribution < -0.4 is 19.1 Å². The first-order chi connectivity index (χ1) is 14.0. The van der Waals surface area contributed by atoms with E-state index in [0.717, 1.165) is 4.70 Å². The van der Waals surface area contributed by atoms with Gasteiger partial charge in [0.05, 0.1) is 14.2 Å². The lowest BCUT2D eigenvalue weighted by Gasteiger charge is -2.22. The molecule has 1 aromatic heterocycles. The van der Waals surface area contributed by atoms with E-state index in [-0.39, 0.29) is 12.5 Å². The predicted molar refractivity (Wildman–Crippen MR) is 116 cm³/mol. The molecule has 0 N–H and O–H groups in total. The standard InChI is InChI=1S/C21H25N3O4S/c1-23(2)12-13-24(18(25)14-28-15-8-6-5-7-9-15)21-22-19-16(26-3)10-11-17(27-4)20(19)29-21/h5-11H,12-14H2,1-4H3. The molecule has 7 nitrogen and oxygen atoms in total. The van der Waals surface area contributed by atoms with E-state index in [4.69, 9.17) is 19.2 Å². The van der Waals surface area contributed by atoms with Crippen molar-refractivity contribution in [2.75, 3.05) is 52.9 Å². The van der Waals surface area contributed by atoms with Gasteiger partial charge in [0.2, 0.25) is 0 Å². The highest BCUT2D eigenvalue weighted by atomic mass is 32.1. The van der Waals surface area contributed by atoms with Gasteiger partial charge in [-0.15, -0.1) is 0 Å². The van der Waals surface area contributed by atoms with Crippen LogP contribution in [0.4, 0.5) is 5.13 Å². The highest BCUT2D eigenvalue weighted by molar-refractivity contribution is 7.22. The van der Waals surface area contributed by atoms with Crippen molar-refractivity contribution in [3.63, 3.8) is 0 Å². The van der Waals surface area contributed by atoms with Crippen molar-refractivity contribution in [1.82, 2.24) is 9.88 Å². The van der Waals surface area contributed by atoms with Gasteiger partial charge in [-0.1, -0.05) is 29.5 Å². The molecule has 2 aromatic carbocycles. The zero-order valence-electron chi connectivity index (χ0n) is 17.0. The Balaban J connectivity index is 1.90. The number of likely N-dealkylation sites (N-methyl/N-ethyl adjacent to an activating group) is 1. The number of carbonyl (C=O) groups excluding carboxylic acids is 1. The maximum Gasteiger partial charge on any atom is 0.266 e. The summed E-state index contributed by atoms with van der Waals surface area (Å²) in [6.07, 6.45) is 0. The summed E-state index contributed by atoms with van der Waals surface area (Å²) >= 11 is 1.40. The molecular weight excluding hydrogens is 390 g/mol. The number of thiazole rings is 1. The van der Waals surface area contributed by atoms with Gasteiger partial charge in [0.15, 0.2) is 11.7 Å². The lowest BCUT2D eigenvalue weighted by atomic mass is 10.3. The number of ether oxygens (including phenoxy) is 3. The van der Waals surface area contributed by atoms with Gasteiger partial charge < -0.3 is 19.1 Å². The third-order valence-corrected chi connectivity index (χ3v) is 5.40. The van der Waals surface area contributed by atoms with Crippen molar-refractivity contribution >= 4 is 32.6 Å². The number of amides is 1. The van der Waals surface area contributed by atoms with Gasteiger partial charge in [0.1, 0.15) is 27.5 Å². The summed E-state index contributed by atoms with van der Waals surface area (Å²) in [6, 6.07) is 12.9. The van der Waals surface area contributed by atoms with Crippen LogP contribution in [-0.4, -0.2) is 63.8 Å². The lowest BCUT2D eigenvalue weighted by Crippen LogP contribution is -2.39. The van der Waals surface area contributed by atoms with Crippen molar-refractivity contribution in [1.29, 1.82) is 0 Å². The van der Waals surface area contributed by atoms with Gasteiger partial charge in [0, 0.05) is 13.1 Å². The molecule has 0 saturated carbocycles. The fourth-order valence-electron chi connectivity index (χ4n) is 2.76. The Morgan fingerprint density at radius 3 is 2.34 bits per heavy atom. The average Bonchev–Trinajstić information content (AvgIpc) is 3.17. The Bertz CT molecular complexity index is 918. The summed E-state index contributed by atoms with van der Waals surface area (Å²) in [6.45, 7) is 1.12. The Morgan fingerprint density at radius 2 is 1.69 bits per heavy atom. The minimum absolute atomic E-state index is 0.0678. The number of benzene rings is 2. The summed E-state index contributed by atoms with van der Waals surface area (Å²) in [4.78, 5) is 21.4. The molecule has 8 heteroatoms. The third-order valence-electron chi connectivity index (χ3n) is 4.31. The van der Waals surface area contributed by atoms with Crippen LogP contribution in [0, 0.1) is 0 Å². The van der Waals surface area contributed by atoms with Gasteiger partial charge in [-0.3, -0.25) is 9.69 Å². The van der Waals surface area contributed by atoms with Crippen LogP contribution in [0.2, 0.25) is 0 Å². The molecule has 0 saturated heterocycles. The maximum absolute atomic E-state index is 13.0. The molecule has 0 bridgehead atoms. The number of hydrogen-bond donors (Lipinski definition) is 0. The molecule has 0 unspecified atom stereocenters. The number of hydrogen-bond acceptors (Lipinski definition) is 7. The highest BCUT2D eigenvalue weighted by Crippen LogP contribution is 2.40. The summed E-state index contributed by atoms with van der Waals surface area (Å²) in [5, 5.41) is 0.589. The van der Waals surface area contributed by atoms with Crippen LogP contribution in [0.3, 0.4) is 0 Å². The van der Waals surface area contributed by atoms with E-state index in [2.05, 4.69) is 0 Å². The van der Waals surface area contributed by atoms with E-state index < -0.39 is 0 Å². The van der Waals surface area contributed by atoms with Crippen LogP contribution in [-0.2, 0) is 4.79 Å². The topological polar surface area (TPSA) is 64.1 Å². The summed E-state index contributed by atoms with van der Waals surface area (Å²) in [7, 11) is 7.15. The van der Waals surface area contributed by atoms with Crippen molar-refractivity contribution in [2.45, 2.75) is 0 Å². The first-order valence-electron chi connectivity index (χ1n) is 9.18. The Hall–Kier alpha value is -2.84. The second kappa shape index (κ2) is 9.58. The van der Waals surface area contributed by atoms with Gasteiger partial charge in [-0.25, -0.2) is 4.98 Å². The molecule has 0 aliphatic carbocycles. The third kappa shape index (κ3) is 4.96. The van der Waals surface area contributed by atoms with Crippen molar-refractivity contribution < 1.29 is 19.0 Å². The summed E-state index contributed by atoms with van der Waals surface area (Å²) in [5.74, 6) is 1.84. The first kappa shape index (κ1) is 20.9. The number of methoxy groups -OCH3 is 2. The van der Waals surface area contributed by atoms with Crippen molar-refractivity contribution in [3.8, 4) is 17.2 Å². The molecule has 0 atom stereocenters. The van der Waals surface area contributed by atoms with Gasteiger partial charge in [0.25, 0.3) is 5.91 Å². The number of fused-ring (bicyclic) bond motifs is 1. The molecule has 0 radical (unpaired) electrons. The van der Waals surface area contributed by atoms with Gasteiger partial charge >= 0.3 is 0 Å². The zero-order chi connectivity index (χ0) is 20.8.